The van der Waals surface area contributed by atoms with E-state index in [2.05, 4.69) is 4.98 Å². The van der Waals surface area contributed by atoms with Gasteiger partial charge in [-0.1, -0.05) is 38.1 Å². The Morgan fingerprint density at radius 3 is 2.74 bits per heavy atom. The first-order chi connectivity index (χ1) is 14.7. The number of carbonyl (C=O) groups excluding carboxylic acids is 3. The number of ether oxygens (including phenoxy) is 1. The van der Waals surface area contributed by atoms with E-state index >= 15 is 0 Å². The van der Waals surface area contributed by atoms with Crippen molar-refractivity contribution in [2.75, 3.05) is 18.9 Å². The maximum absolute atomic E-state index is 14.1. The standard InChI is InChI=1S/C23H23N3O5/c1-4-30-16(28)11-26-14-9-22(2,3)10-15(27)17(14)23(20(26)29)13-8-6-5-7-12(13)18-19(23)25-21(24)31-18/h5-8H,4,9-11H2,1-3H3,(H2,24,25)/t23-/m0/s1. The monoisotopic (exact) mass is 421 g/mol. The summed E-state index contributed by atoms with van der Waals surface area (Å²) in [5.41, 5.74) is 6.63. The van der Waals surface area contributed by atoms with Gasteiger partial charge in [0.25, 0.3) is 6.01 Å². The van der Waals surface area contributed by atoms with Gasteiger partial charge in [0, 0.05) is 23.3 Å². The minimum atomic E-state index is -1.46. The quantitative estimate of drug-likeness (QED) is 0.757. The Hall–Kier alpha value is -3.42. The van der Waals surface area contributed by atoms with Crippen molar-refractivity contribution in [2.24, 2.45) is 5.41 Å². The van der Waals surface area contributed by atoms with Gasteiger partial charge in [-0.3, -0.25) is 14.4 Å². The highest BCUT2D eigenvalue weighted by Crippen LogP contribution is 2.60. The number of allylic oxidation sites excluding steroid dienone is 1. The summed E-state index contributed by atoms with van der Waals surface area (Å²) >= 11 is 0. The number of nitrogens with two attached hydrogens (primary N) is 1. The average Bonchev–Trinajstić information content (AvgIpc) is 3.27. The molecule has 3 aliphatic rings. The lowest BCUT2D eigenvalue weighted by Crippen LogP contribution is -2.43. The number of fused-ring (bicyclic) bond motifs is 6. The second kappa shape index (κ2) is 6.29. The summed E-state index contributed by atoms with van der Waals surface area (Å²) in [7, 11) is 0. The van der Waals surface area contributed by atoms with Crippen LogP contribution in [0.2, 0.25) is 0 Å². The molecule has 0 bridgehead atoms. The lowest BCUT2D eigenvalue weighted by atomic mass is 9.67. The van der Waals surface area contributed by atoms with Crippen molar-refractivity contribution >= 4 is 23.7 Å². The number of carbonyl (C=O) groups is 3. The lowest BCUT2D eigenvalue weighted by molar-refractivity contribution is -0.148. The van der Waals surface area contributed by atoms with E-state index in [1.165, 1.54) is 4.90 Å². The van der Waals surface area contributed by atoms with Gasteiger partial charge >= 0.3 is 5.97 Å². The van der Waals surface area contributed by atoms with E-state index in [4.69, 9.17) is 14.9 Å². The van der Waals surface area contributed by atoms with Crippen molar-refractivity contribution in [3.8, 4) is 11.3 Å². The van der Waals surface area contributed by atoms with E-state index in [0.29, 0.717) is 46.7 Å². The van der Waals surface area contributed by atoms with Gasteiger partial charge in [-0.15, -0.1) is 0 Å². The average molecular weight is 421 g/mol. The summed E-state index contributed by atoms with van der Waals surface area (Å²) in [6.45, 7) is 5.61. The van der Waals surface area contributed by atoms with Crippen LogP contribution in [0, 0.1) is 5.41 Å². The number of esters is 1. The fourth-order valence-electron chi connectivity index (χ4n) is 5.26. The molecule has 1 atom stereocenters. The number of hydrogen-bond donors (Lipinski definition) is 1. The van der Waals surface area contributed by atoms with Crippen LogP contribution in [0.4, 0.5) is 6.01 Å². The summed E-state index contributed by atoms with van der Waals surface area (Å²) in [6.07, 6.45) is 0.769. The first kappa shape index (κ1) is 19.5. The number of benzene rings is 1. The van der Waals surface area contributed by atoms with Gasteiger partial charge in [0.1, 0.15) is 12.2 Å². The molecule has 2 heterocycles. The number of nitrogens with zero attached hydrogens (tertiary/aromatic N) is 2. The van der Waals surface area contributed by atoms with Crippen molar-refractivity contribution in [3.63, 3.8) is 0 Å². The van der Waals surface area contributed by atoms with Crippen molar-refractivity contribution < 1.29 is 23.5 Å². The molecule has 0 unspecified atom stereocenters. The molecule has 0 saturated heterocycles. The number of aromatic nitrogens is 1. The Kier molecular flexibility index (Phi) is 3.96. The Bertz CT molecular complexity index is 1190. The highest BCUT2D eigenvalue weighted by atomic mass is 16.5. The zero-order chi connectivity index (χ0) is 22.1. The molecule has 8 heteroatoms. The van der Waals surface area contributed by atoms with Crippen molar-refractivity contribution in [3.05, 3.63) is 46.8 Å². The van der Waals surface area contributed by atoms with Gasteiger partial charge in [-0.2, -0.15) is 4.98 Å². The van der Waals surface area contributed by atoms with Crippen LogP contribution in [0.15, 0.2) is 40.0 Å². The molecule has 1 aromatic carbocycles. The topological polar surface area (TPSA) is 116 Å². The van der Waals surface area contributed by atoms with Crippen LogP contribution in [0.5, 0.6) is 0 Å². The van der Waals surface area contributed by atoms with E-state index in [0.717, 1.165) is 0 Å². The molecule has 2 aliphatic carbocycles. The predicted octanol–water partition coefficient (Wildman–Crippen LogP) is 2.57. The van der Waals surface area contributed by atoms with Crippen molar-refractivity contribution in [2.45, 2.75) is 39.0 Å². The van der Waals surface area contributed by atoms with Gasteiger partial charge in [0.05, 0.1) is 6.61 Å². The summed E-state index contributed by atoms with van der Waals surface area (Å²) in [5, 5.41) is 0. The highest BCUT2D eigenvalue weighted by molar-refractivity contribution is 6.17. The molecule has 0 saturated carbocycles. The number of ketones is 1. The molecular formula is C23H23N3O5. The van der Waals surface area contributed by atoms with E-state index in [-0.39, 0.29) is 30.4 Å². The zero-order valence-electron chi connectivity index (χ0n) is 17.7. The summed E-state index contributed by atoms with van der Waals surface area (Å²) in [5.74, 6) is -0.656. The third-order valence-corrected chi connectivity index (χ3v) is 6.29. The van der Waals surface area contributed by atoms with Gasteiger partial charge in [0.2, 0.25) is 5.91 Å². The molecule has 2 N–H and O–H groups in total. The number of amides is 1. The summed E-state index contributed by atoms with van der Waals surface area (Å²) in [4.78, 5) is 45.8. The number of rotatable bonds is 3. The molecule has 5 rings (SSSR count). The summed E-state index contributed by atoms with van der Waals surface area (Å²) in [6, 6.07) is 7.21. The zero-order valence-corrected chi connectivity index (χ0v) is 17.7. The highest BCUT2D eigenvalue weighted by Gasteiger charge is 2.65. The fourth-order valence-corrected chi connectivity index (χ4v) is 5.26. The molecule has 2 aromatic rings. The van der Waals surface area contributed by atoms with E-state index in [1.807, 2.05) is 38.1 Å². The van der Waals surface area contributed by atoms with Crippen molar-refractivity contribution in [1.82, 2.24) is 9.88 Å². The lowest BCUT2D eigenvalue weighted by Gasteiger charge is -2.33. The number of anilines is 1. The number of hydrogen-bond acceptors (Lipinski definition) is 7. The van der Waals surface area contributed by atoms with E-state index < -0.39 is 17.3 Å². The minimum absolute atomic E-state index is 0.0683. The molecule has 1 amide bonds. The molecule has 160 valence electrons. The smallest absolute Gasteiger partial charge is 0.326 e. The molecule has 31 heavy (non-hydrogen) atoms. The van der Waals surface area contributed by atoms with Gasteiger partial charge in [-0.05, 0) is 24.3 Å². The summed E-state index contributed by atoms with van der Waals surface area (Å²) < 4.78 is 10.8. The molecule has 8 nitrogen and oxygen atoms in total. The van der Waals surface area contributed by atoms with E-state index in [1.54, 1.807) is 6.92 Å². The first-order valence-corrected chi connectivity index (χ1v) is 10.3. The maximum atomic E-state index is 14.1. The Morgan fingerprint density at radius 2 is 2.00 bits per heavy atom. The number of nitrogen functional groups attached to an aromatic ring is 1. The Morgan fingerprint density at radius 1 is 1.26 bits per heavy atom. The molecule has 1 aromatic heterocycles. The second-order valence-electron chi connectivity index (χ2n) is 8.98. The van der Waals surface area contributed by atoms with Crippen LogP contribution < -0.4 is 5.73 Å². The van der Waals surface area contributed by atoms with E-state index in [9.17, 15) is 14.4 Å². The SMILES string of the molecule is CCOC(=O)CN1C(=O)[C@]2(C3=C1CC(C)(C)CC3=O)c1ccccc1-c1oc(N)nc12. The fraction of sp³-hybridized carbons (Fsp3) is 0.391. The third-order valence-electron chi connectivity index (χ3n) is 6.29. The molecule has 1 aliphatic heterocycles. The van der Waals surface area contributed by atoms with Gasteiger partial charge < -0.3 is 19.8 Å². The minimum Gasteiger partial charge on any atom is -0.465 e. The number of oxazole rings is 1. The van der Waals surface area contributed by atoms with Crippen LogP contribution in [-0.2, 0) is 24.5 Å². The van der Waals surface area contributed by atoms with Crippen LogP contribution in [0.25, 0.3) is 11.3 Å². The van der Waals surface area contributed by atoms with Gasteiger partial charge in [0.15, 0.2) is 17.0 Å². The Balaban J connectivity index is 1.80. The largest absolute Gasteiger partial charge is 0.465 e. The molecule has 0 fully saturated rings. The van der Waals surface area contributed by atoms with Crippen LogP contribution in [0.1, 0.15) is 44.9 Å². The number of Topliss-reactive ketones (excluding diaryl/α,β-unsaturated/α-hetero) is 1. The Labute approximate surface area is 179 Å². The van der Waals surface area contributed by atoms with Gasteiger partial charge in [-0.25, -0.2) is 0 Å². The first-order valence-electron chi connectivity index (χ1n) is 10.3. The van der Waals surface area contributed by atoms with Crippen molar-refractivity contribution in [1.29, 1.82) is 0 Å². The second-order valence-corrected chi connectivity index (χ2v) is 8.98. The molecule has 1 spiro atoms. The van der Waals surface area contributed by atoms with Crippen LogP contribution in [-0.4, -0.2) is 40.7 Å². The molecule has 0 radical (unpaired) electrons. The molecular weight excluding hydrogens is 398 g/mol. The predicted molar refractivity (Wildman–Crippen MR) is 111 cm³/mol. The van der Waals surface area contributed by atoms with Crippen LogP contribution in [0.3, 0.4) is 0 Å². The normalized spacial score (nSPS) is 23.3. The third kappa shape index (κ3) is 2.47. The maximum Gasteiger partial charge on any atom is 0.326 e. The van der Waals surface area contributed by atoms with Crippen LogP contribution >= 0.6 is 0 Å².